The average Bonchev–Trinajstić information content (AvgIpc) is 3.01. The summed E-state index contributed by atoms with van der Waals surface area (Å²) in [6.45, 7) is 8.35. The van der Waals surface area contributed by atoms with Crippen molar-refractivity contribution in [3.63, 3.8) is 0 Å². The number of amides is 1. The second-order valence-corrected chi connectivity index (χ2v) is 7.29. The fourth-order valence-electron chi connectivity index (χ4n) is 2.43. The molecular formula is C18H21N5OS. The molecule has 7 heteroatoms. The molecular weight excluding hydrogens is 334 g/mol. The van der Waals surface area contributed by atoms with E-state index < -0.39 is 0 Å². The largest absolute Gasteiger partial charge is 0.351 e. The molecule has 1 N–H and O–H groups in total. The van der Waals surface area contributed by atoms with Crippen molar-refractivity contribution in [2.24, 2.45) is 0 Å². The van der Waals surface area contributed by atoms with Crippen LogP contribution in [-0.4, -0.2) is 30.7 Å². The summed E-state index contributed by atoms with van der Waals surface area (Å²) in [5.41, 5.74) is 4.14. The Morgan fingerprint density at radius 2 is 1.92 bits per heavy atom. The molecule has 0 bridgehead atoms. The molecule has 2 aromatic heterocycles. The zero-order chi connectivity index (χ0) is 18.0. The highest BCUT2D eigenvalue weighted by atomic mass is 32.2. The summed E-state index contributed by atoms with van der Waals surface area (Å²) in [6.07, 6.45) is 0. The van der Waals surface area contributed by atoms with Gasteiger partial charge < -0.3 is 5.32 Å². The van der Waals surface area contributed by atoms with Gasteiger partial charge in [0.25, 0.3) is 5.78 Å². The van der Waals surface area contributed by atoms with E-state index in [1.165, 1.54) is 11.8 Å². The van der Waals surface area contributed by atoms with Crippen LogP contribution in [-0.2, 0) is 11.3 Å². The Balaban J connectivity index is 1.68. The number of nitrogens with zero attached hydrogens (tertiary/aromatic N) is 4. The Morgan fingerprint density at radius 1 is 1.20 bits per heavy atom. The van der Waals surface area contributed by atoms with Crippen LogP contribution < -0.4 is 5.32 Å². The Kier molecular flexibility index (Phi) is 5.03. The van der Waals surface area contributed by atoms with E-state index in [2.05, 4.69) is 20.4 Å². The number of aryl methyl sites for hydroxylation is 2. The Hall–Kier alpha value is -2.41. The molecule has 0 spiro atoms. The normalized spacial score (nSPS) is 12.3. The van der Waals surface area contributed by atoms with E-state index in [0.29, 0.717) is 17.5 Å². The predicted octanol–water partition coefficient (Wildman–Crippen LogP) is 2.85. The minimum absolute atomic E-state index is 0.0373. The monoisotopic (exact) mass is 355 g/mol. The molecule has 2 heterocycles. The van der Waals surface area contributed by atoms with Gasteiger partial charge in [-0.05, 0) is 38.8 Å². The first-order valence-corrected chi connectivity index (χ1v) is 9.02. The summed E-state index contributed by atoms with van der Waals surface area (Å²) in [4.78, 5) is 21.2. The summed E-state index contributed by atoms with van der Waals surface area (Å²) in [6, 6.07) is 9.85. The molecule has 25 heavy (non-hydrogen) atoms. The van der Waals surface area contributed by atoms with Crippen molar-refractivity contribution in [2.45, 2.75) is 44.6 Å². The van der Waals surface area contributed by atoms with Crippen LogP contribution in [0, 0.1) is 20.8 Å². The van der Waals surface area contributed by atoms with E-state index in [9.17, 15) is 4.79 Å². The number of hydrogen-bond acceptors (Lipinski definition) is 5. The van der Waals surface area contributed by atoms with Crippen LogP contribution in [0.2, 0.25) is 0 Å². The summed E-state index contributed by atoms with van der Waals surface area (Å²) >= 11 is 1.34. The molecule has 1 aromatic carbocycles. The minimum Gasteiger partial charge on any atom is -0.351 e. The van der Waals surface area contributed by atoms with Crippen LogP contribution in [0.25, 0.3) is 5.78 Å². The van der Waals surface area contributed by atoms with Gasteiger partial charge in [0.1, 0.15) is 0 Å². The minimum atomic E-state index is -0.288. The molecule has 0 radical (unpaired) electrons. The predicted molar refractivity (Wildman–Crippen MR) is 98.6 cm³/mol. The van der Waals surface area contributed by atoms with Crippen molar-refractivity contribution >= 4 is 23.4 Å². The Bertz CT molecular complexity index is 907. The second-order valence-electron chi connectivity index (χ2n) is 5.98. The fraction of sp³-hybridized carbons (Fsp3) is 0.333. The van der Waals surface area contributed by atoms with Gasteiger partial charge >= 0.3 is 0 Å². The van der Waals surface area contributed by atoms with Crippen LogP contribution in [0.1, 0.15) is 29.4 Å². The maximum atomic E-state index is 12.3. The summed E-state index contributed by atoms with van der Waals surface area (Å²) < 4.78 is 1.74. The Morgan fingerprint density at radius 3 is 2.64 bits per heavy atom. The molecule has 130 valence electrons. The number of benzene rings is 1. The van der Waals surface area contributed by atoms with E-state index in [-0.39, 0.29) is 11.2 Å². The third kappa shape index (κ3) is 3.82. The van der Waals surface area contributed by atoms with Crippen LogP contribution in [0.4, 0.5) is 0 Å². The van der Waals surface area contributed by atoms with Crippen molar-refractivity contribution in [3.8, 4) is 0 Å². The second kappa shape index (κ2) is 7.23. The van der Waals surface area contributed by atoms with Gasteiger partial charge in [-0.15, -0.1) is 5.10 Å². The molecule has 1 amide bonds. The molecule has 3 rings (SSSR count). The van der Waals surface area contributed by atoms with E-state index in [4.69, 9.17) is 0 Å². The van der Waals surface area contributed by atoms with E-state index >= 15 is 0 Å². The number of aromatic nitrogens is 4. The Labute approximate surface area is 151 Å². The van der Waals surface area contributed by atoms with Crippen LogP contribution in [0.5, 0.6) is 0 Å². The van der Waals surface area contributed by atoms with Gasteiger partial charge in [-0.1, -0.05) is 42.1 Å². The van der Waals surface area contributed by atoms with Crippen molar-refractivity contribution in [3.05, 3.63) is 52.8 Å². The zero-order valence-corrected chi connectivity index (χ0v) is 15.6. The van der Waals surface area contributed by atoms with Crippen LogP contribution in [0.15, 0.2) is 35.5 Å². The molecule has 0 aliphatic rings. The van der Waals surface area contributed by atoms with E-state index in [1.807, 2.05) is 58.0 Å². The van der Waals surface area contributed by atoms with Gasteiger partial charge in [0.15, 0.2) is 0 Å². The molecule has 0 aliphatic carbocycles. The first kappa shape index (κ1) is 17.4. The molecule has 0 fully saturated rings. The highest BCUT2D eigenvalue weighted by molar-refractivity contribution is 8.00. The third-order valence-corrected chi connectivity index (χ3v) is 5.15. The van der Waals surface area contributed by atoms with Gasteiger partial charge in [-0.2, -0.15) is 4.98 Å². The molecule has 6 nitrogen and oxygen atoms in total. The lowest BCUT2D eigenvalue weighted by atomic mass is 10.2. The van der Waals surface area contributed by atoms with E-state index in [1.54, 1.807) is 4.52 Å². The number of hydrogen-bond donors (Lipinski definition) is 1. The standard InChI is InChI=1S/C18H21N5OS/c1-11-12(2)20-17-21-18(22-23(17)13(11)3)25-14(4)16(24)19-10-15-8-6-5-7-9-15/h5-9,14H,10H2,1-4H3,(H,19,24). The first-order chi connectivity index (χ1) is 12.0. The number of rotatable bonds is 5. The lowest BCUT2D eigenvalue weighted by Gasteiger charge is -2.10. The molecule has 3 aromatic rings. The number of carbonyl (C=O) groups excluding carboxylic acids is 1. The molecule has 0 saturated heterocycles. The van der Waals surface area contributed by atoms with Gasteiger partial charge in [-0.3, -0.25) is 4.79 Å². The molecule has 1 unspecified atom stereocenters. The summed E-state index contributed by atoms with van der Waals surface area (Å²) in [5, 5.41) is 7.70. The molecule has 0 aliphatic heterocycles. The van der Waals surface area contributed by atoms with Crippen molar-refractivity contribution in [2.75, 3.05) is 0 Å². The fourth-order valence-corrected chi connectivity index (χ4v) is 3.20. The summed E-state index contributed by atoms with van der Waals surface area (Å²) in [7, 11) is 0. The number of fused-ring (bicyclic) bond motifs is 1. The van der Waals surface area contributed by atoms with Gasteiger partial charge in [0.2, 0.25) is 11.1 Å². The van der Waals surface area contributed by atoms with Gasteiger partial charge in [0.05, 0.1) is 5.25 Å². The van der Waals surface area contributed by atoms with Gasteiger partial charge in [0, 0.05) is 17.9 Å². The van der Waals surface area contributed by atoms with Crippen molar-refractivity contribution < 1.29 is 4.79 Å². The average molecular weight is 355 g/mol. The highest BCUT2D eigenvalue weighted by Gasteiger charge is 2.18. The lowest BCUT2D eigenvalue weighted by molar-refractivity contribution is -0.120. The third-order valence-electron chi connectivity index (χ3n) is 4.20. The highest BCUT2D eigenvalue weighted by Crippen LogP contribution is 2.21. The lowest BCUT2D eigenvalue weighted by Crippen LogP contribution is -2.30. The first-order valence-electron chi connectivity index (χ1n) is 8.14. The molecule has 0 saturated carbocycles. The topological polar surface area (TPSA) is 72.2 Å². The smallest absolute Gasteiger partial charge is 0.253 e. The quantitative estimate of drug-likeness (QED) is 0.713. The summed E-state index contributed by atoms with van der Waals surface area (Å²) in [5.74, 6) is 0.532. The number of carbonyl (C=O) groups is 1. The van der Waals surface area contributed by atoms with E-state index in [0.717, 1.165) is 22.5 Å². The maximum absolute atomic E-state index is 12.3. The zero-order valence-electron chi connectivity index (χ0n) is 14.8. The van der Waals surface area contributed by atoms with Gasteiger partial charge in [-0.25, -0.2) is 9.50 Å². The number of nitrogens with one attached hydrogen (secondary N) is 1. The van der Waals surface area contributed by atoms with Crippen molar-refractivity contribution in [1.82, 2.24) is 24.9 Å². The maximum Gasteiger partial charge on any atom is 0.253 e. The number of thioether (sulfide) groups is 1. The molecule has 1 atom stereocenters. The SMILES string of the molecule is Cc1nc2nc(SC(C)C(=O)NCc3ccccc3)nn2c(C)c1C. The van der Waals surface area contributed by atoms with Crippen LogP contribution in [0.3, 0.4) is 0 Å². The van der Waals surface area contributed by atoms with Crippen molar-refractivity contribution in [1.29, 1.82) is 0 Å². The van der Waals surface area contributed by atoms with Crippen LogP contribution >= 0.6 is 11.8 Å².